The number of thiazole rings is 1. The molecule has 0 spiro atoms. The van der Waals surface area contributed by atoms with Gasteiger partial charge in [0.25, 0.3) is 5.91 Å². The summed E-state index contributed by atoms with van der Waals surface area (Å²) in [6.45, 7) is 6.11. The molecule has 112 valence electrons. The van der Waals surface area contributed by atoms with Crippen molar-refractivity contribution in [3.05, 3.63) is 40.6 Å². The molecule has 1 N–H and O–H groups in total. The van der Waals surface area contributed by atoms with Gasteiger partial charge in [-0.1, -0.05) is 0 Å². The second-order valence-corrected chi connectivity index (χ2v) is 5.28. The van der Waals surface area contributed by atoms with Crippen LogP contribution < -0.4 is 5.32 Å². The van der Waals surface area contributed by atoms with Gasteiger partial charge in [-0.05, 0) is 26.0 Å². The maximum absolute atomic E-state index is 12.2. The molecule has 0 bridgehead atoms. The van der Waals surface area contributed by atoms with E-state index in [9.17, 15) is 4.79 Å². The fourth-order valence-corrected chi connectivity index (χ4v) is 2.62. The average Bonchev–Trinajstić information content (AvgIpc) is 3.02. The van der Waals surface area contributed by atoms with Crippen molar-refractivity contribution in [2.24, 2.45) is 0 Å². The third-order valence-corrected chi connectivity index (χ3v) is 3.86. The van der Waals surface area contributed by atoms with Gasteiger partial charge < -0.3 is 10.2 Å². The number of rotatable bonds is 7. The van der Waals surface area contributed by atoms with Gasteiger partial charge in [-0.25, -0.2) is 4.98 Å². The van der Waals surface area contributed by atoms with Crippen LogP contribution in [-0.4, -0.2) is 40.4 Å². The van der Waals surface area contributed by atoms with Crippen LogP contribution in [0.15, 0.2) is 29.2 Å². The zero-order chi connectivity index (χ0) is 15.1. The lowest BCUT2D eigenvalue weighted by molar-refractivity contribution is 0.0767. The second-order valence-electron chi connectivity index (χ2n) is 4.56. The SMILES string of the molecule is CCN(CC)C(=O)c1cc(NCCc2cscn2)ccn1. The van der Waals surface area contributed by atoms with Crippen molar-refractivity contribution >= 4 is 22.9 Å². The number of anilines is 1. The van der Waals surface area contributed by atoms with E-state index >= 15 is 0 Å². The maximum Gasteiger partial charge on any atom is 0.272 e. The third kappa shape index (κ3) is 4.26. The minimum absolute atomic E-state index is 0.0249. The molecule has 6 heteroatoms. The predicted octanol–water partition coefficient (Wildman–Crippen LogP) is 2.67. The monoisotopic (exact) mass is 304 g/mol. The summed E-state index contributed by atoms with van der Waals surface area (Å²) >= 11 is 1.60. The Kier molecular flexibility index (Phi) is 5.68. The molecule has 2 aromatic heterocycles. The van der Waals surface area contributed by atoms with Crippen LogP contribution >= 0.6 is 11.3 Å². The molecule has 1 amide bonds. The van der Waals surface area contributed by atoms with Crippen LogP contribution in [0, 0.1) is 0 Å². The van der Waals surface area contributed by atoms with Gasteiger partial charge in [0.1, 0.15) is 5.69 Å². The summed E-state index contributed by atoms with van der Waals surface area (Å²) < 4.78 is 0. The van der Waals surface area contributed by atoms with E-state index in [2.05, 4.69) is 15.3 Å². The van der Waals surface area contributed by atoms with E-state index in [1.165, 1.54) is 0 Å². The molecule has 21 heavy (non-hydrogen) atoms. The maximum atomic E-state index is 12.2. The Balaban J connectivity index is 1.95. The van der Waals surface area contributed by atoms with Gasteiger partial charge in [-0.2, -0.15) is 0 Å². The van der Waals surface area contributed by atoms with Crippen LogP contribution in [0.5, 0.6) is 0 Å². The highest BCUT2D eigenvalue weighted by Crippen LogP contribution is 2.11. The molecule has 2 rings (SSSR count). The summed E-state index contributed by atoms with van der Waals surface area (Å²) in [6.07, 6.45) is 2.53. The first kappa shape index (κ1) is 15.4. The fraction of sp³-hybridized carbons (Fsp3) is 0.400. The van der Waals surface area contributed by atoms with Gasteiger partial charge in [0.15, 0.2) is 0 Å². The minimum Gasteiger partial charge on any atom is -0.385 e. The van der Waals surface area contributed by atoms with Crippen LogP contribution in [0.2, 0.25) is 0 Å². The standard InChI is InChI=1S/C15H20N4OS/c1-3-19(4-2)15(20)14-9-12(5-8-17-14)16-7-6-13-10-21-11-18-13/h5,8-11H,3-4,6-7H2,1-2H3,(H,16,17). The zero-order valence-corrected chi connectivity index (χ0v) is 13.2. The highest BCUT2D eigenvalue weighted by Gasteiger charge is 2.13. The number of hydrogen-bond donors (Lipinski definition) is 1. The number of nitrogens with zero attached hydrogens (tertiary/aromatic N) is 3. The number of carbonyl (C=O) groups excluding carboxylic acids is 1. The number of aromatic nitrogens is 2. The van der Waals surface area contributed by atoms with Gasteiger partial charge >= 0.3 is 0 Å². The molecule has 0 saturated heterocycles. The van der Waals surface area contributed by atoms with E-state index in [1.807, 2.05) is 36.9 Å². The number of hydrogen-bond acceptors (Lipinski definition) is 5. The molecule has 0 fully saturated rings. The van der Waals surface area contributed by atoms with Gasteiger partial charge in [0.05, 0.1) is 11.2 Å². The molecule has 0 atom stereocenters. The van der Waals surface area contributed by atoms with Crippen molar-refractivity contribution in [2.45, 2.75) is 20.3 Å². The average molecular weight is 304 g/mol. The molecule has 2 heterocycles. The highest BCUT2D eigenvalue weighted by atomic mass is 32.1. The highest BCUT2D eigenvalue weighted by molar-refractivity contribution is 7.07. The first-order valence-electron chi connectivity index (χ1n) is 7.10. The van der Waals surface area contributed by atoms with Crippen molar-refractivity contribution in [3.8, 4) is 0 Å². The summed E-state index contributed by atoms with van der Waals surface area (Å²) in [5.41, 5.74) is 4.32. The Bertz CT molecular complexity index is 567. The van der Waals surface area contributed by atoms with Gasteiger partial charge in [-0.15, -0.1) is 11.3 Å². The van der Waals surface area contributed by atoms with Crippen LogP contribution in [0.1, 0.15) is 30.0 Å². The van der Waals surface area contributed by atoms with Crippen molar-refractivity contribution < 1.29 is 4.79 Å². The van der Waals surface area contributed by atoms with E-state index in [-0.39, 0.29) is 5.91 Å². The van der Waals surface area contributed by atoms with E-state index in [0.717, 1.165) is 24.3 Å². The first-order chi connectivity index (χ1) is 10.2. The lowest BCUT2D eigenvalue weighted by atomic mass is 10.2. The summed E-state index contributed by atoms with van der Waals surface area (Å²) in [7, 11) is 0. The van der Waals surface area contributed by atoms with Crippen LogP contribution in [0.4, 0.5) is 5.69 Å². The molecule has 0 radical (unpaired) electrons. The van der Waals surface area contributed by atoms with Gasteiger partial charge in [0.2, 0.25) is 0 Å². The smallest absolute Gasteiger partial charge is 0.272 e. The van der Waals surface area contributed by atoms with E-state index in [1.54, 1.807) is 22.4 Å². The number of carbonyl (C=O) groups is 1. The molecule has 0 unspecified atom stereocenters. The van der Waals surface area contributed by atoms with Gasteiger partial charge in [0, 0.05) is 43.3 Å². The summed E-state index contributed by atoms with van der Waals surface area (Å²) in [6, 6.07) is 3.68. The molecule has 0 aromatic carbocycles. The van der Waals surface area contributed by atoms with Crippen LogP contribution in [0.3, 0.4) is 0 Å². The molecule has 0 aliphatic heterocycles. The molecule has 0 aliphatic carbocycles. The molecular formula is C15H20N4OS. The predicted molar refractivity (Wildman–Crippen MR) is 85.8 cm³/mol. The molecule has 0 saturated carbocycles. The lowest BCUT2D eigenvalue weighted by Gasteiger charge is -2.18. The Morgan fingerprint density at radius 2 is 2.14 bits per heavy atom. The molecule has 2 aromatic rings. The van der Waals surface area contributed by atoms with E-state index < -0.39 is 0 Å². The topological polar surface area (TPSA) is 58.1 Å². The lowest BCUT2D eigenvalue weighted by Crippen LogP contribution is -2.31. The number of amides is 1. The zero-order valence-electron chi connectivity index (χ0n) is 12.4. The Hall–Kier alpha value is -1.95. The van der Waals surface area contributed by atoms with Crippen molar-refractivity contribution in [3.63, 3.8) is 0 Å². The Morgan fingerprint density at radius 1 is 1.33 bits per heavy atom. The van der Waals surface area contributed by atoms with Gasteiger partial charge in [-0.3, -0.25) is 9.78 Å². The largest absolute Gasteiger partial charge is 0.385 e. The van der Waals surface area contributed by atoms with Crippen molar-refractivity contribution in [1.29, 1.82) is 0 Å². The minimum atomic E-state index is -0.0249. The first-order valence-corrected chi connectivity index (χ1v) is 8.05. The third-order valence-electron chi connectivity index (χ3n) is 3.22. The summed E-state index contributed by atoms with van der Waals surface area (Å²) in [5, 5.41) is 5.35. The normalized spacial score (nSPS) is 10.4. The van der Waals surface area contributed by atoms with Crippen LogP contribution in [-0.2, 0) is 6.42 Å². The van der Waals surface area contributed by atoms with E-state index in [4.69, 9.17) is 0 Å². The van der Waals surface area contributed by atoms with E-state index in [0.29, 0.717) is 18.8 Å². The Labute approximate surface area is 129 Å². The summed E-state index contributed by atoms with van der Waals surface area (Å²) in [4.78, 5) is 22.4. The molecular weight excluding hydrogens is 284 g/mol. The molecule has 0 aliphatic rings. The Morgan fingerprint density at radius 3 is 2.81 bits per heavy atom. The summed E-state index contributed by atoms with van der Waals surface area (Å²) in [5.74, 6) is -0.0249. The second kappa shape index (κ2) is 7.73. The van der Waals surface area contributed by atoms with Crippen molar-refractivity contribution in [2.75, 3.05) is 25.0 Å². The van der Waals surface area contributed by atoms with Crippen LogP contribution in [0.25, 0.3) is 0 Å². The fourth-order valence-electron chi connectivity index (χ4n) is 2.03. The number of nitrogens with one attached hydrogen (secondary N) is 1. The molecule has 5 nitrogen and oxygen atoms in total. The van der Waals surface area contributed by atoms with Crippen molar-refractivity contribution in [1.82, 2.24) is 14.9 Å². The number of pyridine rings is 1. The quantitative estimate of drug-likeness (QED) is 0.854.